The molecule has 1 aliphatic carbocycles. The summed E-state index contributed by atoms with van der Waals surface area (Å²) >= 11 is 0. The number of benzene rings is 4. The van der Waals surface area contributed by atoms with Crippen LogP contribution in [0.25, 0.3) is 12.2 Å². The predicted molar refractivity (Wildman–Crippen MR) is 143 cm³/mol. The molecule has 1 heteroatoms. The highest BCUT2D eigenvalue weighted by Gasteiger charge is 2.19. The number of hydrogen-bond acceptors (Lipinski definition) is 1. The topological polar surface area (TPSA) is 3.24 Å². The largest absolute Gasteiger partial charge is 0.310 e. The van der Waals surface area contributed by atoms with Crippen molar-refractivity contribution in [3.05, 3.63) is 124 Å². The molecule has 164 valence electrons. The molecule has 0 atom stereocenters. The highest BCUT2D eigenvalue weighted by atomic mass is 15.1. The molecule has 1 nitrogen and oxygen atoms in total. The summed E-state index contributed by atoms with van der Waals surface area (Å²) < 4.78 is 0. The van der Waals surface area contributed by atoms with Crippen LogP contribution in [-0.2, 0) is 12.8 Å². The lowest BCUT2D eigenvalue weighted by atomic mass is 9.90. The molecule has 0 aliphatic heterocycles. The summed E-state index contributed by atoms with van der Waals surface area (Å²) in [7, 11) is 0. The molecular weight excluding hydrogens is 398 g/mol. The van der Waals surface area contributed by atoms with Crippen LogP contribution < -0.4 is 4.90 Å². The van der Waals surface area contributed by atoms with Crippen molar-refractivity contribution in [2.24, 2.45) is 0 Å². The van der Waals surface area contributed by atoms with Crippen molar-refractivity contribution in [2.75, 3.05) is 4.90 Å². The zero-order valence-corrected chi connectivity index (χ0v) is 19.6. The standard InChI is InChI=1S/C32H31N/c1-24-10-14-26(15-11-24)16-17-27-18-22-30(23-19-27)33(29-20-12-25(2)13-21-29)32-9-5-7-28-6-3-4-8-31(28)32/h5,7,9-23H,3-4,6,8H2,1-2H3. The second-order valence-electron chi connectivity index (χ2n) is 9.13. The second-order valence-corrected chi connectivity index (χ2v) is 9.13. The molecule has 0 bridgehead atoms. The third-order valence-electron chi connectivity index (χ3n) is 6.60. The Balaban J connectivity index is 1.51. The van der Waals surface area contributed by atoms with Gasteiger partial charge in [0.15, 0.2) is 0 Å². The molecule has 4 aromatic rings. The molecule has 1 aliphatic rings. The lowest BCUT2D eigenvalue weighted by molar-refractivity contribution is 0.686. The summed E-state index contributed by atoms with van der Waals surface area (Å²) in [5.41, 5.74) is 11.7. The summed E-state index contributed by atoms with van der Waals surface area (Å²) in [4.78, 5) is 2.43. The monoisotopic (exact) mass is 429 g/mol. The fourth-order valence-corrected chi connectivity index (χ4v) is 4.70. The van der Waals surface area contributed by atoms with Crippen LogP contribution in [0.1, 0.15) is 46.2 Å². The Kier molecular flexibility index (Phi) is 6.13. The quantitative estimate of drug-likeness (QED) is 0.286. The number of anilines is 3. The zero-order chi connectivity index (χ0) is 22.6. The van der Waals surface area contributed by atoms with E-state index in [4.69, 9.17) is 0 Å². The Hall–Kier alpha value is -3.58. The van der Waals surface area contributed by atoms with Gasteiger partial charge in [-0.2, -0.15) is 0 Å². The van der Waals surface area contributed by atoms with Gasteiger partial charge in [0.05, 0.1) is 0 Å². The van der Waals surface area contributed by atoms with E-state index in [0.717, 1.165) is 6.42 Å². The third kappa shape index (κ3) is 4.78. The molecule has 0 radical (unpaired) electrons. The Morgan fingerprint density at radius 2 is 1.09 bits per heavy atom. The van der Waals surface area contributed by atoms with E-state index in [0.29, 0.717) is 0 Å². The molecule has 0 N–H and O–H groups in total. The Bertz CT molecular complexity index is 1250. The molecule has 4 aromatic carbocycles. The number of rotatable bonds is 5. The molecule has 0 unspecified atom stereocenters. The number of nitrogens with zero attached hydrogens (tertiary/aromatic N) is 1. The van der Waals surface area contributed by atoms with Gasteiger partial charge in [-0.25, -0.2) is 0 Å². The molecule has 0 saturated heterocycles. The maximum atomic E-state index is 2.43. The maximum absolute atomic E-state index is 2.43. The van der Waals surface area contributed by atoms with Gasteiger partial charge in [0.25, 0.3) is 0 Å². The van der Waals surface area contributed by atoms with Crippen LogP contribution in [0.2, 0.25) is 0 Å². The van der Waals surface area contributed by atoms with Crippen LogP contribution in [-0.4, -0.2) is 0 Å². The van der Waals surface area contributed by atoms with E-state index < -0.39 is 0 Å². The highest BCUT2D eigenvalue weighted by molar-refractivity contribution is 5.80. The van der Waals surface area contributed by atoms with Crippen molar-refractivity contribution in [2.45, 2.75) is 39.5 Å². The minimum Gasteiger partial charge on any atom is -0.310 e. The van der Waals surface area contributed by atoms with Crippen molar-refractivity contribution in [1.29, 1.82) is 0 Å². The van der Waals surface area contributed by atoms with Gasteiger partial charge < -0.3 is 4.90 Å². The van der Waals surface area contributed by atoms with Gasteiger partial charge in [0.2, 0.25) is 0 Å². The fraction of sp³-hybridized carbons (Fsp3) is 0.188. The SMILES string of the molecule is Cc1ccc(C=Cc2ccc(N(c3ccc(C)cc3)c3cccc4c3CCCC4)cc2)cc1. The first kappa shape index (κ1) is 21.3. The van der Waals surface area contributed by atoms with E-state index >= 15 is 0 Å². The van der Waals surface area contributed by atoms with E-state index in [9.17, 15) is 0 Å². The molecule has 0 amide bonds. The third-order valence-corrected chi connectivity index (χ3v) is 6.60. The van der Waals surface area contributed by atoms with E-state index in [-0.39, 0.29) is 0 Å². The van der Waals surface area contributed by atoms with Crippen molar-refractivity contribution in [3.63, 3.8) is 0 Å². The molecular formula is C32H31N. The van der Waals surface area contributed by atoms with Crippen molar-refractivity contribution < 1.29 is 0 Å². The average molecular weight is 430 g/mol. The minimum absolute atomic E-state index is 1.16. The molecule has 0 saturated carbocycles. The van der Waals surface area contributed by atoms with Crippen molar-refractivity contribution in [1.82, 2.24) is 0 Å². The number of hydrogen-bond donors (Lipinski definition) is 0. The summed E-state index contributed by atoms with van der Waals surface area (Å²) in [6.45, 7) is 4.27. The van der Waals surface area contributed by atoms with Gasteiger partial charge in [-0.3, -0.25) is 0 Å². The zero-order valence-electron chi connectivity index (χ0n) is 19.6. The van der Waals surface area contributed by atoms with Gasteiger partial charge in [-0.15, -0.1) is 0 Å². The van der Waals surface area contributed by atoms with Crippen LogP contribution in [0.15, 0.2) is 91.0 Å². The van der Waals surface area contributed by atoms with Gasteiger partial charge in [-0.05, 0) is 92.1 Å². The van der Waals surface area contributed by atoms with Crippen LogP contribution in [0.3, 0.4) is 0 Å². The lowest BCUT2D eigenvalue weighted by Crippen LogP contribution is -2.15. The van der Waals surface area contributed by atoms with E-state index in [1.54, 1.807) is 0 Å². The van der Waals surface area contributed by atoms with Crippen molar-refractivity contribution >= 4 is 29.2 Å². The van der Waals surface area contributed by atoms with E-state index in [1.165, 1.54) is 69.7 Å². The smallest absolute Gasteiger partial charge is 0.0496 e. The Morgan fingerprint density at radius 1 is 0.576 bits per heavy atom. The molecule has 0 fully saturated rings. The summed E-state index contributed by atoms with van der Waals surface area (Å²) in [6.07, 6.45) is 9.28. The van der Waals surface area contributed by atoms with Crippen LogP contribution in [0, 0.1) is 13.8 Å². The highest BCUT2D eigenvalue weighted by Crippen LogP contribution is 2.40. The summed E-state index contributed by atoms with van der Waals surface area (Å²) in [5, 5.41) is 0. The molecule has 0 spiro atoms. The average Bonchev–Trinajstić information content (AvgIpc) is 2.86. The molecule has 0 heterocycles. The first-order valence-corrected chi connectivity index (χ1v) is 12.0. The molecule has 5 rings (SSSR count). The van der Waals surface area contributed by atoms with Gasteiger partial charge in [0.1, 0.15) is 0 Å². The van der Waals surface area contributed by atoms with Gasteiger partial charge in [0, 0.05) is 17.1 Å². The minimum atomic E-state index is 1.16. The second kappa shape index (κ2) is 9.50. The summed E-state index contributed by atoms with van der Waals surface area (Å²) in [6, 6.07) is 33.3. The van der Waals surface area contributed by atoms with Crippen LogP contribution in [0.5, 0.6) is 0 Å². The fourth-order valence-electron chi connectivity index (χ4n) is 4.70. The number of fused-ring (bicyclic) bond motifs is 1. The Labute approximate surface area is 198 Å². The maximum Gasteiger partial charge on any atom is 0.0496 e. The molecule has 0 aromatic heterocycles. The first-order valence-electron chi connectivity index (χ1n) is 12.0. The van der Waals surface area contributed by atoms with Gasteiger partial charge in [-0.1, -0.05) is 83.9 Å². The lowest BCUT2D eigenvalue weighted by Gasteiger charge is -2.30. The first-order chi connectivity index (χ1) is 16.2. The van der Waals surface area contributed by atoms with Crippen LogP contribution >= 0.6 is 0 Å². The summed E-state index contributed by atoms with van der Waals surface area (Å²) in [5.74, 6) is 0. The number of aryl methyl sites for hydroxylation is 3. The van der Waals surface area contributed by atoms with Crippen LogP contribution in [0.4, 0.5) is 17.1 Å². The Morgan fingerprint density at radius 3 is 1.73 bits per heavy atom. The van der Waals surface area contributed by atoms with Gasteiger partial charge >= 0.3 is 0 Å². The molecule has 33 heavy (non-hydrogen) atoms. The van der Waals surface area contributed by atoms with E-state index in [1.807, 2.05) is 0 Å². The van der Waals surface area contributed by atoms with E-state index in [2.05, 4.69) is 122 Å². The normalized spacial score (nSPS) is 13.2. The predicted octanol–water partition coefficient (Wildman–Crippen LogP) is 8.82. The van der Waals surface area contributed by atoms with Crippen molar-refractivity contribution in [3.8, 4) is 0 Å².